The van der Waals surface area contributed by atoms with Gasteiger partial charge in [-0.05, 0) is 43.4 Å². The molecule has 1 aromatic carbocycles. The van der Waals surface area contributed by atoms with Crippen molar-refractivity contribution in [1.82, 2.24) is 10.2 Å². The first kappa shape index (κ1) is 23.8. The molecule has 1 aliphatic heterocycles. The lowest BCUT2D eigenvalue weighted by Gasteiger charge is -2.34. The van der Waals surface area contributed by atoms with Gasteiger partial charge in [0.1, 0.15) is 0 Å². The summed E-state index contributed by atoms with van der Waals surface area (Å²) >= 11 is 0. The third kappa shape index (κ3) is 7.73. The van der Waals surface area contributed by atoms with Crippen LogP contribution in [0.15, 0.2) is 23.2 Å². The van der Waals surface area contributed by atoms with Gasteiger partial charge < -0.3 is 25.0 Å². The first-order valence-electron chi connectivity index (χ1n) is 9.47. The summed E-state index contributed by atoms with van der Waals surface area (Å²) in [5, 5.41) is 6.80. The molecule has 2 N–H and O–H groups in total. The van der Waals surface area contributed by atoms with Crippen molar-refractivity contribution in [2.75, 3.05) is 52.8 Å². The predicted octanol–water partition coefficient (Wildman–Crippen LogP) is 3.68. The third-order valence-corrected chi connectivity index (χ3v) is 4.65. The minimum absolute atomic E-state index is 0. The Hall–Kier alpha value is -1.22. The maximum Gasteiger partial charge on any atom is 0.195 e. The topological polar surface area (TPSA) is 58.1 Å². The van der Waals surface area contributed by atoms with Gasteiger partial charge in [0.05, 0.1) is 14.2 Å². The number of piperidine rings is 1. The fraction of sp³-hybridized carbons (Fsp3) is 0.650. The Kier molecular flexibility index (Phi) is 10.8. The second-order valence-electron chi connectivity index (χ2n) is 7.31. The number of nitrogens with one attached hydrogen (secondary N) is 2. The van der Waals surface area contributed by atoms with Gasteiger partial charge in [-0.3, -0.25) is 4.99 Å². The molecule has 0 aromatic heterocycles. The number of halogens is 1. The van der Waals surface area contributed by atoms with E-state index in [4.69, 9.17) is 9.47 Å². The number of methoxy groups -OCH3 is 2. The fourth-order valence-corrected chi connectivity index (χ4v) is 3.47. The molecule has 6 nitrogen and oxygen atoms in total. The number of hydrogen-bond acceptors (Lipinski definition) is 4. The van der Waals surface area contributed by atoms with Gasteiger partial charge in [0.15, 0.2) is 17.5 Å². The first-order valence-corrected chi connectivity index (χ1v) is 9.47. The molecule has 1 unspecified atom stereocenters. The van der Waals surface area contributed by atoms with Gasteiger partial charge in [-0.15, -0.1) is 24.0 Å². The fourth-order valence-electron chi connectivity index (χ4n) is 3.47. The van der Waals surface area contributed by atoms with Crippen molar-refractivity contribution in [3.63, 3.8) is 0 Å². The minimum atomic E-state index is 0. The van der Waals surface area contributed by atoms with E-state index in [0.29, 0.717) is 17.4 Å². The highest BCUT2D eigenvalue weighted by molar-refractivity contribution is 14.0. The van der Waals surface area contributed by atoms with E-state index in [-0.39, 0.29) is 24.0 Å². The molecule has 0 saturated carbocycles. The molecule has 0 spiro atoms. The smallest absolute Gasteiger partial charge is 0.195 e. The molecule has 1 aromatic rings. The number of aliphatic imine (C=N–C) groups is 1. The van der Waals surface area contributed by atoms with E-state index in [1.807, 2.05) is 18.2 Å². The van der Waals surface area contributed by atoms with E-state index in [1.165, 1.54) is 32.5 Å². The normalized spacial score (nSPS) is 18.0. The van der Waals surface area contributed by atoms with Gasteiger partial charge in [0.25, 0.3) is 0 Å². The van der Waals surface area contributed by atoms with Crippen LogP contribution >= 0.6 is 24.0 Å². The Morgan fingerprint density at radius 2 is 2.00 bits per heavy atom. The van der Waals surface area contributed by atoms with Crippen molar-refractivity contribution in [2.24, 2.45) is 16.8 Å². The van der Waals surface area contributed by atoms with Gasteiger partial charge in [-0.2, -0.15) is 0 Å². The maximum absolute atomic E-state index is 5.36. The lowest BCUT2D eigenvalue weighted by atomic mass is 9.97. The summed E-state index contributed by atoms with van der Waals surface area (Å²) in [4.78, 5) is 6.93. The molecule has 0 amide bonds. The Morgan fingerprint density at radius 1 is 1.26 bits per heavy atom. The minimum Gasteiger partial charge on any atom is -0.493 e. The molecular weight excluding hydrogens is 455 g/mol. The van der Waals surface area contributed by atoms with E-state index in [9.17, 15) is 0 Å². The van der Waals surface area contributed by atoms with Crippen molar-refractivity contribution < 1.29 is 9.47 Å². The van der Waals surface area contributed by atoms with Crippen LogP contribution in [0.1, 0.15) is 26.7 Å². The number of nitrogens with zero attached hydrogens (tertiary/aromatic N) is 2. The van der Waals surface area contributed by atoms with Crippen molar-refractivity contribution in [1.29, 1.82) is 0 Å². The van der Waals surface area contributed by atoms with E-state index >= 15 is 0 Å². The average molecular weight is 490 g/mol. The largest absolute Gasteiger partial charge is 0.493 e. The number of anilines is 1. The first-order chi connectivity index (χ1) is 12.5. The summed E-state index contributed by atoms with van der Waals surface area (Å²) < 4.78 is 10.6. The molecule has 7 heteroatoms. The van der Waals surface area contributed by atoms with E-state index in [2.05, 4.69) is 34.4 Å². The highest BCUT2D eigenvalue weighted by Gasteiger charge is 2.20. The Bertz CT molecular complexity index is 595. The molecule has 1 fully saturated rings. The van der Waals surface area contributed by atoms with Gasteiger partial charge in [-0.25, -0.2) is 0 Å². The van der Waals surface area contributed by atoms with Crippen LogP contribution in [0.4, 0.5) is 5.69 Å². The molecule has 1 saturated heterocycles. The van der Waals surface area contributed by atoms with Crippen LogP contribution in [0, 0.1) is 11.8 Å². The number of guanidine groups is 1. The van der Waals surface area contributed by atoms with Crippen molar-refractivity contribution in [3.8, 4) is 11.5 Å². The lowest BCUT2D eigenvalue weighted by Crippen LogP contribution is -2.43. The van der Waals surface area contributed by atoms with Crippen molar-refractivity contribution >= 4 is 35.6 Å². The molecule has 2 rings (SSSR count). The maximum atomic E-state index is 5.36. The van der Waals surface area contributed by atoms with E-state index in [1.54, 1.807) is 21.3 Å². The van der Waals surface area contributed by atoms with E-state index < -0.39 is 0 Å². The van der Waals surface area contributed by atoms with Crippen LogP contribution in [0.25, 0.3) is 0 Å². The van der Waals surface area contributed by atoms with Crippen LogP contribution in [-0.2, 0) is 0 Å². The zero-order valence-electron chi connectivity index (χ0n) is 17.2. The third-order valence-electron chi connectivity index (χ3n) is 4.65. The van der Waals surface area contributed by atoms with Crippen LogP contribution in [-0.4, -0.2) is 58.3 Å². The highest BCUT2D eigenvalue weighted by Crippen LogP contribution is 2.29. The Labute approximate surface area is 181 Å². The Balaban J connectivity index is 0.00000364. The summed E-state index contributed by atoms with van der Waals surface area (Å²) in [7, 11) is 5.07. The monoisotopic (exact) mass is 490 g/mol. The summed E-state index contributed by atoms with van der Waals surface area (Å²) in [6.07, 6.45) is 2.55. The summed E-state index contributed by atoms with van der Waals surface area (Å²) in [5.74, 6) is 3.57. The second-order valence-corrected chi connectivity index (χ2v) is 7.31. The number of hydrogen-bond donors (Lipinski definition) is 2. The van der Waals surface area contributed by atoms with Gasteiger partial charge in [-0.1, -0.05) is 13.8 Å². The number of benzene rings is 1. The molecule has 1 heterocycles. The van der Waals surface area contributed by atoms with Gasteiger partial charge in [0.2, 0.25) is 0 Å². The van der Waals surface area contributed by atoms with Crippen LogP contribution in [0.2, 0.25) is 0 Å². The zero-order valence-corrected chi connectivity index (χ0v) is 19.6. The van der Waals surface area contributed by atoms with Crippen LogP contribution in [0.3, 0.4) is 0 Å². The standard InChI is InChI=1S/C20H34N4O2.HI/c1-15(2)13-24-10-6-7-16(14-24)12-22-20(21-3)23-17-8-9-18(25-4)19(11-17)26-5;/h8-9,11,15-16H,6-7,10,12-14H2,1-5H3,(H2,21,22,23);1H. The van der Waals surface area contributed by atoms with Crippen LogP contribution in [0.5, 0.6) is 11.5 Å². The Morgan fingerprint density at radius 3 is 2.63 bits per heavy atom. The second kappa shape index (κ2) is 12.3. The molecule has 154 valence electrons. The highest BCUT2D eigenvalue weighted by atomic mass is 127. The van der Waals surface area contributed by atoms with E-state index in [0.717, 1.165) is 24.1 Å². The summed E-state index contributed by atoms with van der Waals surface area (Å²) in [6.45, 7) is 9.09. The number of likely N-dealkylation sites (tertiary alicyclic amines) is 1. The summed E-state index contributed by atoms with van der Waals surface area (Å²) in [6, 6.07) is 5.76. The molecule has 1 aliphatic rings. The zero-order chi connectivity index (χ0) is 18.9. The molecule has 27 heavy (non-hydrogen) atoms. The van der Waals surface area contributed by atoms with Crippen molar-refractivity contribution in [2.45, 2.75) is 26.7 Å². The van der Waals surface area contributed by atoms with Gasteiger partial charge in [0, 0.05) is 38.4 Å². The average Bonchev–Trinajstić information content (AvgIpc) is 2.64. The van der Waals surface area contributed by atoms with Crippen LogP contribution < -0.4 is 20.1 Å². The molecule has 0 bridgehead atoms. The number of rotatable bonds is 7. The van der Waals surface area contributed by atoms with Gasteiger partial charge >= 0.3 is 0 Å². The number of ether oxygens (including phenoxy) is 2. The summed E-state index contributed by atoms with van der Waals surface area (Å²) in [5.41, 5.74) is 0.917. The molecule has 0 radical (unpaired) electrons. The lowest BCUT2D eigenvalue weighted by molar-refractivity contribution is 0.159. The predicted molar refractivity (Wildman–Crippen MR) is 124 cm³/mol. The SMILES string of the molecule is CN=C(NCC1CCCN(CC(C)C)C1)Nc1ccc(OC)c(OC)c1.I. The molecular formula is C20H35IN4O2. The van der Waals surface area contributed by atoms with Crippen molar-refractivity contribution in [3.05, 3.63) is 18.2 Å². The quantitative estimate of drug-likeness (QED) is 0.347. The molecule has 0 aliphatic carbocycles. The molecule has 1 atom stereocenters.